The van der Waals surface area contributed by atoms with E-state index in [4.69, 9.17) is 0 Å². The number of piperazine rings is 1. The lowest BCUT2D eigenvalue weighted by atomic mass is 10.1. The van der Waals surface area contributed by atoms with E-state index < -0.39 is 0 Å². The van der Waals surface area contributed by atoms with E-state index in [0.717, 1.165) is 39.0 Å². The summed E-state index contributed by atoms with van der Waals surface area (Å²) in [7, 11) is 0. The molecule has 0 radical (unpaired) electrons. The Balaban J connectivity index is 1.29. The van der Waals surface area contributed by atoms with E-state index in [-0.39, 0.29) is 29.6 Å². The number of fused-ring (bicyclic) bond motifs is 1. The number of amides is 2. The number of hydrogen-bond donors (Lipinski definition) is 4. The van der Waals surface area contributed by atoms with E-state index >= 15 is 0 Å². The number of hydrogen-bond acceptors (Lipinski definition) is 5. The zero-order valence-electron chi connectivity index (χ0n) is 16.8. The van der Waals surface area contributed by atoms with Crippen molar-refractivity contribution in [3.63, 3.8) is 0 Å². The summed E-state index contributed by atoms with van der Waals surface area (Å²) in [5, 5.41) is 5.99. The standard InChI is InChI=1S/C20H28N6O3/c1-12(18(27)21-14-3-4-14)25-7-9-26(10-8-25)13(2)19(28)22-15-5-6-16-17(11-15)24-20(29)23-16/h5-6,11-14H,3-4,7-10H2,1-2H3,(H,21,27)(H,22,28)(H2,23,24,29). The fourth-order valence-corrected chi connectivity index (χ4v) is 3.75. The number of anilines is 1. The fraction of sp³-hybridized carbons (Fsp3) is 0.550. The highest BCUT2D eigenvalue weighted by atomic mass is 16.2. The summed E-state index contributed by atoms with van der Waals surface area (Å²) in [6.45, 7) is 6.83. The topological polar surface area (TPSA) is 113 Å². The van der Waals surface area contributed by atoms with Crippen molar-refractivity contribution in [2.75, 3.05) is 31.5 Å². The van der Waals surface area contributed by atoms with E-state index in [1.165, 1.54) is 0 Å². The van der Waals surface area contributed by atoms with Gasteiger partial charge < -0.3 is 20.6 Å². The highest BCUT2D eigenvalue weighted by Crippen LogP contribution is 2.20. The van der Waals surface area contributed by atoms with Gasteiger partial charge in [-0.15, -0.1) is 0 Å². The van der Waals surface area contributed by atoms with Crippen LogP contribution < -0.4 is 16.3 Å². The van der Waals surface area contributed by atoms with Gasteiger partial charge in [0.2, 0.25) is 11.8 Å². The van der Waals surface area contributed by atoms with Crippen LogP contribution in [0.25, 0.3) is 11.0 Å². The summed E-state index contributed by atoms with van der Waals surface area (Å²) >= 11 is 0. The van der Waals surface area contributed by atoms with Crippen LogP contribution in [0.1, 0.15) is 26.7 Å². The minimum Gasteiger partial charge on any atom is -0.352 e. The molecule has 2 heterocycles. The summed E-state index contributed by atoms with van der Waals surface area (Å²) in [6, 6.07) is 5.23. The molecule has 1 aliphatic carbocycles. The minimum absolute atomic E-state index is 0.0878. The Hall–Kier alpha value is -2.65. The summed E-state index contributed by atoms with van der Waals surface area (Å²) in [5.41, 5.74) is 1.74. The Morgan fingerprint density at radius 3 is 2.17 bits per heavy atom. The third kappa shape index (κ3) is 4.51. The first-order valence-corrected chi connectivity index (χ1v) is 10.2. The number of nitrogens with zero attached hydrogens (tertiary/aromatic N) is 2. The third-order valence-corrected chi connectivity index (χ3v) is 5.91. The van der Waals surface area contributed by atoms with E-state index in [2.05, 4.69) is 30.4 Å². The summed E-state index contributed by atoms with van der Waals surface area (Å²) in [6.07, 6.45) is 2.18. The Bertz CT molecular complexity index is 955. The maximum absolute atomic E-state index is 12.7. The van der Waals surface area contributed by atoms with Crippen LogP contribution in [0.5, 0.6) is 0 Å². The molecule has 156 valence electrons. The molecule has 1 aliphatic heterocycles. The van der Waals surface area contributed by atoms with Crippen LogP contribution in [0, 0.1) is 0 Å². The molecule has 1 aromatic heterocycles. The molecule has 0 spiro atoms. The molecule has 2 amide bonds. The van der Waals surface area contributed by atoms with Gasteiger partial charge in [0.05, 0.1) is 23.1 Å². The molecule has 1 saturated carbocycles. The van der Waals surface area contributed by atoms with Crippen molar-refractivity contribution in [1.82, 2.24) is 25.1 Å². The van der Waals surface area contributed by atoms with Crippen LogP contribution in [0.15, 0.2) is 23.0 Å². The number of nitrogens with one attached hydrogen (secondary N) is 4. The molecule has 1 aromatic carbocycles. The number of aromatic nitrogens is 2. The third-order valence-electron chi connectivity index (χ3n) is 5.91. The van der Waals surface area contributed by atoms with Gasteiger partial charge in [0.1, 0.15) is 0 Å². The van der Waals surface area contributed by atoms with E-state index in [1.54, 1.807) is 18.2 Å². The number of H-pyrrole nitrogens is 2. The van der Waals surface area contributed by atoms with Crippen LogP contribution in [0.2, 0.25) is 0 Å². The second-order valence-corrected chi connectivity index (χ2v) is 8.04. The van der Waals surface area contributed by atoms with Gasteiger partial charge in [-0.1, -0.05) is 0 Å². The predicted molar refractivity (Wildman–Crippen MR) is 111 cm³/mol. The molecule has 2 aliphatic rings. The molecule has 4 N–H and O–H groups in total. The molecule has 9 heteroatoms. The molecule has 9 nitrogen and oxygen atoms in total. The number of benzene rings is 1. The van der Waals surface area contributed by atoms with Gasteiger partial charge in [-0.05, 0) is 44.9 Å². The SMILES string of the molecule is CC(C(=O)Nc1ccc2[nH]c(=O)[nH]c2c1)N1CCN(C(C)C(=O)NC2CC2)CC1. The van der Waals surface area contributed by atoms with Gasteiger partial charge in [-0.2, -0.15) is 0 Å². The van der Waals surface area contributed by atoms with Crippen molar-refractivity contribution in [2.24, 2.45) is 0 Å². The Kier molecular flexibility index (Phi) is 5.42. The average molecular weight is 400 g/mol. The van der Waals surface area contributed by atoms with E-state index in [0.29, 0.717) is 22.8 Å². The van der Waals surface area contributed by atoms with Crippen molar-refractivity contribution in [2.45, 2.75) is 44.8 Å². The molecule has 2 aromatic rings. The minimum atomic E-state index is -0.284. The summed E-state index contributed by atoms with van der Waals surface area (Å²) in [5.74, 6) is 0.0140. The molecule has 1 saturated heterocycles. The first-order chi connectivity index (χ1) is 13.9. The Morgan fingerprint density at radius 2 is 1.55 bits per heavy atom. The van der Waals surface area contributed by atoms with Crippen LogP contribution in [-0.4, -0.2) is 75.9 Å². The summed E-state index contributed by atoms with van der Waals surface area (Å²) in [4.78, 5) is 46.0. The fourth-order valence-electron chi connectivity index (χ4n) is 3.75. The molecule has 4 rings (SSSR count). The predicted octanol–water partition coefficient (Wildman–Crippen LogP) is 0.468. The quantitative estimate of drug-likeness (QED) is 0.563. The van der Waals surface area contributed by atoms with Gasteiger partial charge in [-0.25, -0.2) is 4.79 Å². The lowest BCUT2D eigenvalue weighted by Crippen LogP contribution is -2.57. The number of aromatic amines is 2. The Morgan fingerprint density at radius 1 is 0.966 bits per heavy atom. The number of imidazole rings is 1. The molecule has 2 fully saturated rings. The monoisotopic (exact) mass is 400 g/mol. The molecule has 0 bridgehead atoms. The normalized spacial score (nSPS) is 20.3. The highest BCUT2D eigenvalue weighted by molar-refractivity contribution is 5.96. The molecule has 2 atom stereocenters. The van der Waals surface area contributed by atoms with Crippen molar-refractivity contribution < 1.29 is 9.59 Å². The largest absolute Gasteiger partial charge is 0.352 e. The zero-order valence-corrected chi connectivity index (χ0v) is 16.8. The second-order valence-electron chi connectivity index (χ2n) is 8.04. The van der Waals surface area contributed by atoms with Crippen LogP contribution >= 0.6 is 0 Å². The van der Waals surface area contributed by atoms with E-state index in [1.807, 2.05) is 13.8 Å². The summed E-state index contributed by atoms with van der Waals surface area (Å²) < 4.78 is 0. The van der Waals surface area contributed by atoms with Crippen molar-refractivity contribution in [3.8, 4) is 0 Å². The average Bonchev–Trinajstić information content (AvgIpc) is 3.45. The van der Waals surface area contributed by atoms with Crippen LogP contribution in [-0.2, 0) is 9.59 Å². The molecule has 2 unspecified atom stereocenters. The first-order valence-electron chi connectivity index (χ1n) is 10.2. The van der Waals surface area contributed by atoms with Crippen molar-refractivity contribution in [3.05, 3.63) is 28.7 Å². The van der Waals surface area contributed by atoms with E-state index in [9.17, 15) is 14.4 Å². The van der Waals surface area contributed by atoms with Crippen LogP contribution in [0.3, 0.4) is 0 Å². The smallest absolute Gasteiger partial charge is 0.323 e. The lowest BCUT2D eigenvalue weighted by molar-refractivity contribution is -0.128. The number of rotatable bonds is 6. The highest BCUT2D eigenvalue weighted by Gasteiger charge is 2.32. The van der Waals surface area contributed by atoms with Crippen molar-refractivity contribution >= 4 is 28.5 Å². The van der Waals surface area contributed by atoms with Crippen LogP contribution in [0.4, 0.5) is 5.69 Å². The first kappa shape index (κ1) is 19.7. The van der Waals surface area contributed by atoms with Gasteiger partial charge in [0.25, 0.3) is 0 Å². The van der Waals surface area contributed by atoms with Crippen molar-refractivity contribution in [1.29, 1.82) is 0 Å². The molecular formula is C20H28N6O3. The second kappa shape index (κ2) is 8.00. The molecular weight excluding hydrogens is 372 g/mol. The van der Waals surface area contributed by atoms with Gasteiger partial charge in [0, 0.05) is 37.9 Å². The maximum Gasteiger partial charge on any atom is 0.323 e. The number of carbonyl (C=O) groups excluding carboxylic acids is 2. The number of carbonyl (C=O) groups is 2. The Labute approximate surface area is 168 Å². The lowest BCUT2D eigenvalue weighted by Gasteiger charge is -2.39. The van der Waals surface area contributed by atoms with Gasteiger partial charge in [-0.3, -0.25) is 19.4 Å². The zero-order chi connectivity index (χ0) is 20.5. The molecule has 29 heavy (non-hydrogen) atoms. The van der Waals surface area contributed by atoms with Gasteiger partial charge in [0.15, 0.2) is 0 Å². The maximum atomic E-state index is 12.7. The van der Waals surface area contributed by atoms with Gasteiger partial charge >= 0.3 is 5.69 Å².